The number of aryl methyl sites for hydroxylation is 1. The van der Waals surface area contributed by atoms with Crippen LogP contribution in [-0.4, -0.2) is 21.6 Å². The van der Waals surface area contributed by atoms with Crippen LogP contribution >= 0.6 is 0 Å². The first-order chi connectivity index (χ1) is 9.32. The van der Waals surface area contributed by atoms with Crippen LogP contribution in [0.3, 0.4) is 0 Å². The molecular formula is C15H21N3O2. The fourth-order valence-electron chi connectivity index (χ4n) is 2.13. The second kappa shape index (κ2) is 5.15. The molecule has 0 aliphatic heterocycles. The quantitative estimate of drug-likeness (QED) is 0.923. The van der Waals surface area contributed by atoms with E-state index in [2.05, 4.69) is 5.32 Å². The van der Waals surface area contributed by atoms with Gasteiger partial charge in [0.05, 0.1) is 11.0 Å². The number of hydrogen-bond acceptors (Lipinski definition) is 2. The topological polar surface area (TPSA) is 56.0 Å². The highest BCUT2D eigenvalue weighted by Gasteiger charge is 2.20. The molecule has 1 aromatic carbocycles. The molecule has 1 N–H and O–H groups in total. The minimum Gasteiger partial charge on any atom is -0.354 e. The number of nitrogens with one attached hydrogen (secondary N) is 1. The fraction of sp³-hybridized carbons (Fsp3) is 0.467. The molecule has 1 amide bonds. The van der Waals surface area contributed by atoms with E-state index >= 15 is 0 Å². The molecule has 2 aromatic rings. The molecule has 0 radical (unpaired) electrons. The highest BCUT2D eigenvalue weighted by Crippen LogP contribution is 2.13. The number of rotatable bonds is 3. The molecule has 108 valence electrons. The van der Waals surface area contributed by atoms with Gasteiger partial charge in [-0.05, 0) is 12.1 Å². The van der Waals surface area contributed by atoms with Gasteiger partial charge in [-0.2, -0.15) is 0 Å². The van der Waals surface area contributed by atoms with Gasteiger partial charge < -0.3 is 5.32 Å². The third-order valence-corrected chi connectivity index (χ3v) is 3.35. The Hall–Kier alpha value is -2.04. The SMILES string of the molecule is Cn1c(=O)n(CCNC(=O)C(C)(C)C)c2ccccc21. The maximum Gasteiger partial charge on any atom is 0.328 e. The predicted octanol–water partition coefficient (Wildman–Crippen LogP) is 1.50. The van der Waals surface area contributed by atoms with E-state index in [-0.39, 0.29) is 11.6 Å². The Morgan fingerprint density at radius 1 is 1.20 bits per heavy atom. The highest BCUT2D eigenvalue weighted by atomic mass is 16.2. The summed E-state index contributed by atoms with van der Waals surface area (Å²) in [5, 5.41) is 2.86. The van der Waals surface area contributed by atoms with E-state index < -0.39 is 5.41 Å². The van der Waals surface area contributed by atoms with Crippen molar-refractivity contribution in [1.82, 2.24) is 14.5 Å². The first-order valence-electron chi connectivity index (χ1n) is 6.75. The van der Waals surface area contributed by atoms with Crippen molar-refractivity contribution < 1.29 is 4.79 Å². The van der Waals surface area contributed by atoms with E-state index in [0.29, 0.717) is 13.1 Å². The molecule has 1 aromatic heterocycles. The third kappa shape index (κ3) is 2.61. The Labute approximate surface area is 118 Å². The number of benzene rings is 1. The molecule has 0 aliphatic carbocycles. The van der Waals surface area contributed by atoms with Crippen LogP contribution < -0.4 is 11.0 Å². The zero-order valence-corrected chi connectivity index (χ0v) is 12.4. The van der Waals surface area contributed by atoms with Gasteiger partial charge in [-0.3, -0.25) is 13.9 Å². The second-order valence-corrected chi connectivity index (χ2v) is 5.99. The van der Waals surface area contributed by atoms with Crippen molar-refractivity contribution in [3.63, 3.8) is 0 Å². The Balaban J connectivity index is 2.17. The van der Waals surface area contributed by atoms with Crippen molar-refractivity contribution in [3.05, 3.63) is 34.7 Å². The van der Waals surface area contributed by atoms with Crippen LogP contribution in [0.4, 0.5) is 0 Å². The minimum absolute atomic E-state index is 0.00853. The lowest BCUT2D eigenvalue weighted by Crippen LogP contribution is -2.37. The summed E-state index contributed by atoms with van der Waals surface area (Å²) in [6.45, 7) is 6.53. The van der Waals surface area contributed by atoms with E-state index in [1.54, 1.807) is 16.2 Å². The molecule has 0 saturated heterocycles. The summed E-state index contributed by atoms with van der Waals surface area (Å²) in [7, 11) is 1.76. The molecule has 0 atom stereocenters. The summed E-state index contributed by atoms with van der Waals surface area (Å²) in [4.78, 5) is 24.0. The monoisotopic (exact) mass is 275 g/mol. The standard InChI is InChI=1S/C15H21N3O2/c1-15(2,3)13(19)16-9-10-18-12-8-6-5-7-11(12)17(4)14(18)20/h5-8H,9-10H2,1-4H3,(H,16,19). The molecular weight excluding hydrogens is 254 g/mol. The maximum absolute atomic E-state index is 12.2. The third-order valence-electron chi connectivity index (χ3n) is 3.35. The van der Waals surface area contributed by atoms with Gasteiger partial charge in [0.2, 0.25) is 5.91 Å². The van der Waals surface area contributed by atoms with E-state index in [4.69, 9.17) is 0 Å². The molecule has 1 heterocycles. The van der Waals surface area contributed by atoms with Crippen molar-refractivity contribution in [2.24, 2.45) is 12.5 Å². The number of hydrogen-bond donors (Lipinski definition) is 1. The Morgan fingerprint density at radius 2 is 1.80 bits per heavy atom. The van der Waals surface area contributed by atoms with E-state index in [0.717, 1.165) is 11.0 Å². The number of fused-ring (bicyclic) bond motifs is 1. The van der Waals surface area contributed by atoms with Gasteiger partial charge in [-0.15, -0.1) is 0 Å². The normalized spacial score (nSPS) is 11.8. The summed E-state index contributed by atoms with van der Waals surface area (Å²) in [5.74, 6) is -0.00853. The van der Waals surface area contributed by atoms with E-state index in [1.807, 2.05) is 45.0 Å². The molecule has 0 fully saturated rings. The molecule has 5 nitrogen and oxygen atoms in total. The van der Waals surface area contributed by atoms with Crippen molar-refractivity contribution in [2.45, 2.75) is 27.3 Å². The van der Waals surface area contributed by atoms with Crippen LogP contribution in [0.25, 0.3) is 11.0 Å². The van der Waals surface area contributed by atoms with Gasteiger partial charge in [0.15, 0.2) is 0 Å². The zero-order chi connectivity index (χ0) is 14.9. The number of carbonyl (C=O) groups is 1. The van der Waals surface area contributed by atoms with Crippen molar-refractivity contribution >= 4 is 16.9 Å². The minimum atomic E-state index is -0.413. The van der Waals surface area contributed by atoms with Crippen LogP contribution in [0.5, 0.6) is 0 Å². The van der Waals surface area contributed by atoms with Gasteiger partial charge >= 0.3 is 5.69 Å². The number of aromatic nitrogens is 2. The average Bonchev–Trinajstić information content (AvgIpc) is 2.63. The molecule has 0 saturated carbocycles. The maximum atomic E-state index is 12.2. The van der Waals surface area contributed by atoms with Gasteiger partial charge in [0, 0.05) is 25.6 Å². The largest absolute Gasteiger partial charge is 0.354 e. The molecule has 0 bridgehead atoms. The van der Waals surface area contributed by atoms with Gasteiger partial charge in [-0.1, -0.05) is 32.9 Å². The lowest BCUT2D eigenvalue weighted by molar-refractivity contribution is -0.128. The summed E-state index contributed by atoms with van der Waals surface area (Å²) < 4.78 is 3.32. The predicted molar refractivity (Wildman–Crippen MR) is 79.6 cm³/mol. The number of imidazole rings is 1. The smallest absolute Gasteiger partial charge is 0.328 e. The Kier molecular flexibility index (Phi) is 3.70. The lowest BCUT2D eigenvalue weighted by atomic mass is 9.96. The van der Waals surface area contributed by atoms with Crippen LogP contribution in [0, 0.1) is 5.41 Å². The second-order valence-electron chi connectivity index (χ2n) is 5.99. The van der Waals surface area contributed by atoms with Gasteiger partial charge in [0.25, 0.3) is 0 Å². The number of nitrogens with zero attached hydrogens (tertiary/aromatic N) is 2. The van der Waals surface area contributed by atoms with E-state index in [9.17, 15) is 9.59 Å². The molecule has 0 spiro atoms. The van der Waals surface area contributed by atoms with Crippen LogP contribution in [0.1, 0.15) is 20.8 Å². The fourth-order valence-corrected chi connectivity index (χ4v) is 2.13. The van der Waals surface area contributed by atoms with Gasteiger partial charge in [0.1, 0.15) is 0 Å². The van der Waals surface area contributed by atoms with E-state index in [1.165, 1.54) is 0 Å². The van der Waals surface area contributed by atoms with Crippen LogP contribution in [0.15, 0.2) is 29.1 Å². The lowest BCUT2D eigenvalue weighted by Gasteiger charge is -2.17. The summed E-state index contributed by atoms with van der Waals surface area (Å²) >= 11 is 0. The summed E-state index contributed by atoms with van der Waals surface area (Å²) in [6, 6.07) is 7.66. The first-order valence-corrected chi connectivity index (χ1v) is 6.75. The average molecular weight is 275 g/mol. The molecule has 0 aliphatic rings. The zero-order valence-electron chi connectivity index (χ0n) is 12.4. The first kappa shape index (κ1) is 14.4. The molecule has 0 unspecified atom stereocenters. The summed E-state index contributed by atoms with van der Waals surface area (Å²) in [6.07, 6.45) is 0. The molecule has 20 heavy (non-hydrogen) atoms. The molecule has 2 rings (SSSR count). The van der Waals surface area contributed by atoms with Gasteiger partial charge in [-0.25, -0.2) is 4.79 Å². The van der Waals surface area contributed by atoms with Crippen LogP contribution in [-0.2, 0) is 18.4 Å². The van der Waals surface area contributed by atoms with Crippen molar-refractivity contribution in [2.75, 3.05) is 6.54 Å². The highest BCUT2D eigenvalue weighted by molar-refractivity contribution is 5.81. The molecule has 5 heteroatoms. The van der Waals surface area contributed by atoms with Crippen molar-refractivity contribution in [1.29, 1.82) is 0 Å². The number of amides is 1. The number of carbonyl (C=O) groups excluding carboxylic acids is 1. The Bertz CT molecular complexity index is 689. The van der Waals surface area contributed by atoms with Crippen LogP contribution in [0.2, 0.25) is 0 Å². The Morgan fingerprint density at radius 3 is 2.40 bits per heavy atom. The summed E-state index contributed by atoms with van der Waals surface area (Å²) in [5.41, 5.74) is 1.32. The van der Waals surface area contributed by atoms with Crippen molar-refractivity contribution in [3.8, 4) is 0 Å². The number of para-hydroxylation sites is 2.